The van der Waals surface area contributed by atoms with Crippen molar-refractivity contribution in [3.05, 3.63) is 24.3 Å². The first kappa shape index (κ1) is 22.5. The van der Waals surface area contributed by atoms with Crippen molar-refractivity contribution in [2.45, 2.75) is 57.5 Å². The van der Waals surface area contributed by atoms with Crippen molar-refractivity contribution in [3.63, 3.8) is 0 Å². The average molecular weight is 466 g/mol. The van der Waals surface area contributed by atoms with Crippen molar-refractivity contribution in [2.75, 3.05) is 32.0 Å². The van der Waals surface area contributed by atoms with E-state index in [2.05, 4.69) is 33.0 Å². The van der Waals surface area contributed by atoms with Gasteiger partial charge in [-0.3, -0.25) is 4.90 Å². The van der Waals surface area contributed by atoms with Crippen molar-refractivity contribution < 1.29 is 22.6 Å². The van der Waals surface area contributed by atoms with Crippen molar-refractivity contribution in [1.29, 1.82) is 0 Å². The summed E-state index contributed by atoms with van der Waals surface area (Å²) in [5.74, 6) is 1.56. The number of nitrogen functional groups attached to an aromatic ring is 1. The second-order valence-corrected chi connectivity index (χ2v) is 9.65. The third kappa shape index (κ3) is 4.55. The Morgan fingerprint density at radius 3 is 2.64 bits per heavy atom. The van der Waals surface area contributed by atoms with Gasteiger partial charge in [0, 0.05) is 55.7 Å². The Morgan fingerprint density at radius 2 is 1.94 bits per heavy atom. The highest BCUT2D eigenvalue weighted by Gasteiger charge is 2.58. The number of aromatic nitrogens is 3. The summed E-state index contributed by atoms with van der Waals surface area (Å²) in [5.41, 5.74) is 6.63. The van der Waals surface area contributed by atoms with Crippen LogP contribution in [0.4, 0.5) is 19.0 Å². The number of rotatable bonds is 5. The van der Waals surface area contributed by atoms with Crippen LogP contribution in [0.5, 0.6) is 5.75 Å². The first-order valence-electron chi connectivity index (χ1n) is 11.6. The highest BCUT2D eigenvalue weighted by Crippen LogP contribution is 2.62. The van der Waals surface area contributed by atoms with Gasteiger partial charge in [0.25, 0.3) is 0 Å². The van der Waals surface area contributed by atoms with Crippen LogP contribution in [0.3, 0.4) is 0 Å². The molecule has 0 amide bonds. The Labute approximate surface area is 191 Å². The van der Waals surface area contributed by atoms with Gasteiger partial charge in [-0.15, -0.1) is 13.2 Å². The first-order valence-corrected chi connectivity index (χ1v) is 11.6. The third-order valence-corrected chi connectivity index (χ3v) is 7.15. The third-order valence-electron chi connectivity index (χ3n) is 7.15. The molecule has 2 aliphatic carbocycles. The Bertz CT molecular complexity index is 988. The molecule has 1 aliphatic heterocycles. The van der Waals surface area contributed by atoms with Crippen LogP contribution in [0.2, 0.25) is 0 Å². The summed E-state index contributed by atoms with van der Waals surface area (Å²) < 4.78 is 50.1. The zero-order valence-electron chi connectivity index (χ0n) is 18.9. The number of nitrogens with zero attached hydrogens (tertiary/aromatic N) is 4. The summed E-state index contributed by atoms with van der Waals surface area (Å²) in [5, 5.41) is 0. The summed E-state index contributed by atoms with van der Waals surface area (Å²) in [7, 11) is 0. The fraction of sp³-hybridized carbons (Fsp3) is 0.652. The van der Waals surface area contributed by atoms with Gasteiger partial charge >= 0.3 is 6.36 Å². The van der Waals surface area contributed by atoms with Gasteiger partial charge < -0.3 is 19.8 Å². The molecule has 0 aromatic carbocycles. The number of imidazole rings is 1. The van der Waals surface area contributed by atoms with Crippen LogP contribution in [0.1, 0.15) is 50.9 Å². The minimum Gasteiger partial charge on any atom is -0.402 e. The second kappa shape index (κ2) is 8.47. The molecule has 10 heteroatoms. The highest BCUT2D eigenvalue weighted by molar-refractivity contribution is 5.64. The zero-order valence-corrected chi connectivity index (χ0v) is 18.9. The first-order chi connectivity index (χ1) is 15.7. The van der Waals surface area contributed by atoms with Gasteiger partial charge in [-0.05, 0) is 37.2 Å². The quantitative estimate of drug-likeness (QED) is 0.712. The van der Waals surface area contributed by atoms with E-state index in [1.165, 1.54) is 25.1 Å². The number of hydrogen-bond donors (Lipinski definition) is 1. The molecule has 2 N–H and O–H groups in total. The highest BCUT2D eigenvalue weighted by atomic mass is 19.4. The summed E-state index contributed by atoms with van der Waals surface area (Å²) in [6.07, 6.45) is 2.00. The standard InChI is InChI=1S/C23H30F3N5O2/c1-13(2)22-29-18(14-8-19(21(27)28-11-14)33-23(24,25)26)12-31(22)20-16-9-15(10-17(16)20)30-4-3-6-32-7-5-30/h8,11-13,15-17,20H,3-7,9-10H2,1-2H3,(H2,27,28)/t15?,16-,17+,20-. The molecule has 5 rings (SSSR count). The maximum absolute atomic E-state index is 12.7. The number of fused-ring (bicyclic) bond motifs is 1. The monoisotopic (exact) mass is 465 g/mol. The minimum atomic E-state index is -4.83. The molecule has 4 atom stereocenters. The lowest BCUT2D eigenvalue weighted by atomic mass is 10.1. The number of anilines is 1. The smallest absolute Gasteiger partial charge is 0.402 e. The molecule has 7 nitrogen and oxygen atoms in total. The van der Waals surface area contributed by atoms with E-state index in [0.717, 1.165) is 38.5 Å². The van der Waals surface area contributed by atoms with Crippen LogP contribution in [0, 0.1) is 11.8 Å². The van der Waals surface area contributed by atoms with E-state index in [1.54, 1.807) is 0 Å². The molecular weight excluding hydrogens is 435 g/mol. The number of pyridine rings is 1. The van der Waals surface area contributed by atoms with Crippen LogP contribution >= 0.6 is 0 Å². The average Bonchev–Trinajstić information content (AvgIpc) is 3.08. The van der Waals surface area contributed by atoms with Crippen LogP contribution in [-0.2, 0) is 4.74 Å². The molecule has 1 saturated heterocycles. The Morgan fingerprint density at radius 1 is 1.18 bits per heavy atom. The van der Waals surface area contributed by atoms with Crippen LogP contribution in [-0.4, -0.2) is 58.1 Å². The van der Waals surface area contributed by atoms with Gasteiger partial charge in [-0.1, -0.05) is 13.8 Å². The van der Waals surface area contributed by atoms with E-state index in [0.29, 0.717) is 35.2 Å². The van der Waals surface area contributed by atoms with Gasteiger partial charge in [0.05, 0.1) is 12.3 Å². The number of hydrogen-bond acceptors (Lipinski definition) is 6. The summed E-state index contributed by atoms with van der Waals surface area (Å²) in [4.78, 5) is 11.3. The minimum absolute atomic E-state index is 0.186. The van der Waals surface area contributed by atoms with Crippen molar-refractivity contribution in [3.8, 4) is 17.0 Å². The van der Waals surface area contributed by atoms with Crippen molar-refractivity contribution in [1.82, 2.24) is 19.4 Å². The predicted octanol–water partition coefficient (Wildman–Crippen LogP) is 4.22. The van der Waals surface area contributed by atoms with E-state index in [1.807, 2.05) is 6.20 Å². The number of ether oxygens (including phenoxy) is 2. The summed E-state index contributed by atoms with van der Waals surface area (Å²) in [6.45, 7) is 7.94. The van der Waals surface area contributed by atoms with E-state index < -0.39 is 12.1 Å². The lowest BCUT2D eigenvalue weighted by Crippen LogP contribution is -2.36. The summed E-state index contributed by atoms with van der Waals surface area (Å²) in [6, 6.07) is 2.28. The molecule has 3 heterocycles. The van der Waals surface area contributed by atoms with Gasteiger partial charge in [0.2, 0.25) is 0 Å². The fourth-order valence-corrected chi connectivity index (χ4v) is 5.63. The topological polar surface area (TPSA) is 78.4 Å². The molecule has 3 aliphatic rings. The molecule has 0 radical (unpaired) electrons. The largest absolute Gasteiger partial charge is 0.573 e. The molecule has 33 heavy (non-hydrogen) atoms. The van der Waals surface area contributed by atoms with E-state index in [9.17, 15) is 13.2 Å². The van der Waals surface area contributed by atoms with Gasteiger partial charge in [-0.2, -0.15) is 0 Å². The van der Waals surface area contributed by atoms with Gasteiger partial charge in [-0.25, -0.2) is 9.97 Å². The molecular formula is C23H30F3N5O2. The molecule has 180 valence electrons. The van der Waals surface area contributed by atoms with Crippen LogP contribution in [0.25, 0.3) is 11.3 Å². The second-order valence-electron chi connectivity index (χ2n) is 9.65. The Kier molecular flexibility index (Phi) is 5.76. The van der Waals surface area contributed by atoms with Crippen LogP contribution < -0.4 is 10.5 Å². The van der Waals surface area contributed by atoms with Crippen molar-refractivity contribution >= 4 is 5.82 Å². The summed E-state index contributed by atoms with van der Waals surface area (Å²) >= 11 is 0. The van der Waals surface area contributed by atoms with Crippen LogP contribution in [0.15, 0.2) is 18.5 Å². The number of halogens is 3. The zero-order chi connectivity index (χ0) is 23.3. The van der Waals surface area contributed by atoms with E-state index in [-0.39, 0.29) is 11.7 Å². The molecule has 0 spiro atoms. The van der Waals surface area contributed by atoms with Gasteiger partial charge in [0.1, 0.15) is 5.82 Å². The Balaban J connectivity index is 1.35. The molecule has 2 aromatic heterocycles. The maximum atomic E-state index is 12.7. The predicted molar refractivity (Wildman–Crippen MR) is 117 cm³/mol. The molecule has 0 bridgehead atoms. The lowest BCUT2D eigenvalue weighted by molar-refractivity contribution is -0.274. The van der Waals surface area contributed by atoms with Crippen molar-refractivity contribution in [2.24, 2.45) is 11.8 Å². The van der Waals surface area contributed by atoms with Gasteiger partial charge in [0.15, 0.2) is 11.6 Å². The van der Waals surface area contributed by atoms with E-state index >= 15 is 0 Å². The fourth-order valence-electron chi connectivity index (χ4n) is 5.63. The molecule has 2 saturated carbocycles. The SMILES string of the molecule is CC(C)c1nc(-c2cnc(N)c(OC(F)(F)F)c2)cn1[C@@H]1[C@@H]2CC(N3CCCOCC3)C[C@@H]21. The molecule has 3 fully saturated rings. The molecule has 1 unspecified atom stereocenters. The normalized spacial score (nSPS) is 28.1. The number of nitrogens with two attached hydrogens (primary N) is 1. The lowest BCUT2D eigenvalue weighted by Gasteiger charge is -2.29. The Hall–Kier alpha value is -2.33. The molecule has 2 aromatic rings. The van der Waals surface area contributed by atoms with E-state index in [4.69, 9.17) is 15.5 Å². The maximum Gasteiger partial charge on any atom is 0.573 e. The number of alkyl halides is 3.